The number of hydrogen-bond donors (Lipinski definition) is 1. The molecule has 2 aromatic heterocycles. The van der Waals surface area contributed by atoms with Crippen LogP contribution in [0.2, 0.25) is 0 Å². The van der Waals surface area contributed by atoms with E-state index in [9.17, 15) is 0 Å². The third-order valence-electron chi connectivity index (χ3n) is 6.34. The standard InChI is InChI=1S/C23H25N7O2/c24-22-25-10-15(11-26-22)20-9-21(30-13-19-8-16(30)14-31-19)28-23(27-20)29-7-6-18(12-29)32-17-4-2-1-3-5-17/h1-5,9-11,16,18-19H,6-8,12-14H2,(H2,24,25,26)/t16-,18-,19-/m0/s1. The van der Waals surface area contributed by atoms with Gasteiger partial charge in [0.25, 0.3) is 0 Å². The van der Waals surface area contributed by atoms with Crippen LogP contribution in [-0.2, 0) is 4.74 Å². The Morgan fingerprint density at radius 1 is 1.06 bits per heavy atom. The number of hydrogen-bond acceptors (Lipinski definition) is 9. The third kappa shape index (κ3) is 3.69. The Labute approximate surface area is 186 Å². The average molecular weight is 432 g/mol. The molecule has 2 N–H and O–H groups in total. The van der Waals surface area contributed by atoms with Crippen LogP contribution in [0.25, 0.3) is 11.3 Å². The van der Waals surface area contributed by atoms with E-state index in [4.69, 9.17) is 25.2 Å². The summed E-state index contributed by atoms with van der Waals surface area (Å²) in [6, 6.07) is 12.3. The molecule has 0 unspecified atom stereocenters. The Bertz CT molecular complexity index is 1100. The van der Waals surface area contributed by atoms with Gasteiger partial charge in [-0.2, -0.15) is 4.98 Å². The van der Waals surface area contributed by atoms with Crippen molar-refractivity contribution in [3.05, 3.63) is 48.8 Å². The van der Waals surface area contributed by atoms with Crippen LogP contribution in [0.5, 0.6) is 5.75 Å². The zero-order valence-corrected chi connectivity index (χ0v) is 17.7. The number of fused-ring (bicyclic) bond motifs is 2. The molecule has 164 valence electrons. The molecule has 9 heteroatoms. The minimum atomic E-state index is 0.101. The second kappa shape index (κ2) is 7.90. The molecule has 0 aliphatic carbocycles. The highest BCUT2D eigenvalue weighted by Crippen LogP contribution is 2.34. The molecule has 3 fully saturated rings. The highest BCUT2D eigenvalue weighted by atomic mass is 16.5. The van der Waals surface area contributed by atoms with Gasteiger partial charge in [-0.05, 0) is 18.6 Å². The average Bonchev–Trinajstić information content (AvgIpc) is 3.58. The van der Waals surface area contributed by atoms with Crippen molar-refractivity contribution >= 4 is 17.7 Å². The van der Waals surface area contributed by atoms with E-state index in [0.29, 0.717) is 12.0 Å². The highest BCUT2D eigenvalue weighted by Gasteiger charge is 2.40. The Hall–Kier alpha value is -3.46. The minimum Gasteiger partial charge on any atom is -0.489 e. The maximum atomic E-state index is 6.17. The van der Waals surface area contributed by atoms with E-state index in [0.717, 1.165) is 61.9 Å². The molecule has 5 heterocycles. The van der Waals surface area contributed by atoms with Crippen molar-refractivity contribution in [3.63, 3.8) is 0 Å². The number of nitrogen functional groups attached to an aromatic ring is 1. The van der Waals surface area contributed by atoms with Crippen LogP contribution in [0.15, 0.2) is 48.8 Å². The molecule has 32 heavy (non-hydrogen) atoms. The van der Waals surface area contributed by atoms with Crippen LogP contribution in [0.4, 0.5) is 17.7 Å². The number of aromatic nitrogens is 4. The minimum absolute atomic E-state index is 0.101. The van der Waals surface area contributed by atoms with Gasteiger partial charge < -0.3 is 25.0 Å². The summed E-state index contributed by atoms with van der Waals surface area (Å²) < 4.78 is 12.0. The lowest BCUT2D eigenvalue weighted by atomic mass is 10.2. The van der Waals surface area contributed by atoms with Crippen molar-refractivity contribution in [2.24, 2.45) is 0 Å². The number of rotatable bonds is 5. The van der Waals surface area contributed by atoms with Gasteiger partial charge in [-0.15, -0.1) is 0 Å². The molecule has 1 aromatic carbocycles. The van der Waals surface area contributed by atoms with Crippen LogP contribution < -0.4 is 20.3 Å². The first kappa shape index (κ1) is 19.2. The summed E-state index contributed by atoms with van der Waals surface area (Å²) in [5, 5.41) is 0. The number of para-hydroxylation sites is 1. The van der Waals surface area contributed by atoms with Gasteiger partial charge >= 0.3 is 0 Å². The molecule has 3 saturated heterocycles. The smallest absolute Gasteiger partial charge is 0.228 e. The fourth-order valence-electron chi connectivity index (χ4n) is 4.71. The summed E-state index contributed by atoms with van der Waals surface area (Å²) in [4.78, 5) is 22.7. The number of benzene rings is 1. The van der Waals surface area contributed by atoms with E-state index in [1.807, 2.05) is 36.4 Å². The lowest BCUT2D eigenvalue weighted by Gasteiger charge is -2.29. The highest BCUT2D eigenvalue weighted by molar-refractivity contribution is 5.65. The Kier molecular flexibility index (Phi) is 4.75. The number of nitrogens with two attached hydrogens (primary N) is 1. The second-order valence-corrected chi connectivity index (χ2v) is 8.53. The maximum absolute atomic E-state index is 6.17. The third-order valence-corrected chi connectivity index (χ3v) is 6.34. The fraction of sp³-hybridized carbons (Fsp3) is 0.391. The Morgan fingerprint density at radius 2 is 1.91 bits per heavy atom. The molecule has 3 aromatic rings. The van der Waals surface area contributed by atoms with Crippen molar-refractivity contribution in [1.82, 2.24) is 19.9 Å². The molecule has 9 nitrogen and oxygen atoms in total. The first-order chi connectivity index (χ1) is 15.7. The van der Waals surface area contributed by atoms with Crippen LogP contribution in [-0.4, -0.2) is 64.4 Å². The zero-order chi connectivity index (χ0) is 21.5. The molecular weight excluding hydrogens is 406 g/mol. The first-order valence-electron chi connectivity index (χ1n) is 11.0. The van der Waals surface area contributed by atoms with Crippen LogP contribution in [0.1, 0.15) is 12.8 Å². The number of ether oxygens (including phenoxy) is 2. The number of anilines is 3. The van der Waals surface area contributed by atoms with E-state index in [1.165, 1.54) is 0 Å². The molecule has 3 atom stereocenters. The van der Waals surface area contributed by atoms with Gasteiger partial charge in [0.1, 0.15) is 17.7 Å². The van der Waals surface area contributed by atoms with Gasteiger partial charge in [-0.25, -0.2) is 15.0 Å². The van der Waals surface area contributed by atoms with Crippen molar-refractivity contribution in [2.75, 3.05) is 41.8 Å². The summed E-state index contributed by atoms with van der Waals surface area (Å²) in [7, 11) is 0. The summed E-state index contributed by atoms with van der Waals surface area (Å²) in [6.45, 7) is 3.19. The molecular formula is C23H25N7O2. The first-order valence-corrected chi connectivity index (χ1v) is 11.0. The molecule has 6 rings (SSSR count). The SMILES string of the molecule is Nc1ncc(-c2cc(N3C[C@@H]4C[C@H]3CO4)nc(N3CC[C@H](Oc4ccccc4)C3)n2)cn1. The topological polar surface area (TPSA) is 103 Å². The second-order valence-electron chi connectivity index (χ2n) is 8.53. The summed E-state index contributed by atoms with van der Waals surface area (Å²) in [6.07, 6.45) is 5.79. The van der Waals surface area contributed by atoms with Gasteiger partial charge in [0.2, 0.25) is 11.9 Å². The quantitative estimate of drug-likeness (QED) is 0.651. The number of nitrogens with zero attached hydrogens (tertiary/aromatic N) is 6. The Balaban J connectivity index is 1.29. The summed E-state index contributed by atoms with van der Waals surface area (Å²) in [5.41, 5.74) is 7.30. The largest absolute Gasteiger partial charge is 0.489 e. The van der Waals surface area contributed by atoms with Gasteiger partial charge in [0.05, 0.1) is 31.0 Å². The Morgan fingerprint density at radius 3 is 2.66 bits per heavy atom. The normalized spacial score (nSPS) is 24.3. The van der Waals surface area contributed by atoms with Crippen molar-refractivity contribution < 1.29 is 9.47 Å². The van der Waals surface area contributed by atoms with E-state index >= 15 is 0 Å². The molecule has 0 saturated carbocycles. The molecule has 3 aliphatic heterocycles. The predicted octanol–water partition coefficient (Wildman–Crippen LogP) is 2.15. The van der Waals surface area contributed by atoms with Crippen LogP contribution >= 0.6 is 0 Å². The monoisotopic (exact) mass is 431 g/mol. The van der Waals surface area contributed by atoms with Gasteiger partial charge in [-0.1, -0.05) is 18.2 Å². The summed E-state index contributed by atoms with van der Waals surface area (Å²) in [5.74, 6) is 2.77. The van der Waals surface area contributed by atoms with Gasteiger partial charge in [0, 0.05) is 43.5 Å². The molecule has 0 radical (unpaired) electrons. The van der Waals surface area contributed by atoms with E-state index < -0.39 is 0 Å². The van der Waals surface area contributed by atoms with E-state index in [2.05, 4.69) is 19.8 Å². The predicted molar refractivity (Wildman–Crippen MR) is 121 cm³/mol. The molecule has 0 amide bonds. The fourth-order valence-corrected chi connectivity index (χ4v) is 4.71. The lowest BCUT2D eigenvalue weighted by Crippen LogP contribution is -2.38. The maximum Gasteiger partial charge on any atom is 0.228 e. The van der Waals surface area contributed by atoms with Gasteiger partial charge in [0.15, 0.2) is 0 Å². The zero-order valence-electron chi connectivity index (χ0n) is 17.7. The molecule has 2 bridgehead atoms. The van der Waals surface area contributed by atoms with Crippen LogP contribution in [0.3, 0.4) is 0 Å². The molecule has 0 spiro atoms. The van der Waals surface area contributed by atoms with Gasteiger partial charge in [-0.3, -0.25) is 0 Å². The molecule has 3 aliphatic rings. The summed E-state index contributed by atoms with van der Waals surface area (Å²) >= 11 is 0. The van der Waals surface area contributed by atoms with Crippen LogP contribution in [0, 0.1) is 0 Å². The van der Waals surface area contributed by atoms with Crippen molar-refractivity contribution in [3.8, 4) is 17.0 Å². The number of morpholine rings is 1. The van der Waals surface area contributed by atoms with Crippen molar-refractivity contribution in [2.45, 2.75) is 31.1 Å². The van der Waals surface area contributed by atoms with E-state index in [1.54, 1.807) is 12.4 Å². The van der Waals surface area contributed by atoms with E-state index in [-0.39, 0.29) is 18.2 Å². The lowest BCUT2D eigenvalue weighted by molar-refractivity contribution is 0.0989. The van der Waals surface area contributed by atoms with Crippen molar-refractivity contribution in [1.29, 1.82) is 0 Å².